The molecule has 8 nitrogen and oxygen atoms in total. The van der Waals surface area contributed by atoms with Gasteiger partial charge in [0, 0.05) is 12.5 Å². The number of ether oxygens (including phenoxy) is 2. The number of likely N-dealkylation sites (tertiary alicyclic amines) is 1. The van der Waals surface area contributed by atoms with E-state index < -0.39 is 24.5 Å². The number of hydrogen-bond donors (Lipinski definition) is 4. The van der Waals surface area contributed by atoms with Crippen molar-refractivity contribution < 1.29 is 29.6 Å². The monoisotopic (exact) mass is 442 g/mol. The third kappa shape index (κ3) is 4.79. The number of nitrogens with zero attached hydrogens (tertiary/aromatic N) is 1. The molecule has 1 unspecified atom stereocenters. The van der Waals surface area contributed by atoms with E-state index in [1.54, 1.807) is 0 Å². The second-order valence-corrected chi connectivity index (χ2v) is 8.15. The molecule has 2 aromatic rings. The molecule has 1 aliphatic carbocycles. The number of rotatable bonds is 9. The van der Waals surface area contributed by atoms with Crippen LogP contribution >= 0.6 is 0 Å². The predicted molar refractivity (Wildman–Crippen MR) is 118 cm³/mol. The molecule has 0 spiro atoms. The van der Waals surface area contributed by atoms with E-state index in [2.05, 4.69) is 29.6 Å². The lowest BCUT2D eigenvalue weighted by Crippen LogP contribution is -2.50. The molecule has 1 saturated heterocycles. The summed E-state index contributed by atoms with van der Waals surface area (Å²) in [5, 5.41) is 32.2. The van der Waals surface area contributed by atoms with E-state index in [-0.39, 0.29) is 38.7 Å². The first kappa shape index (κ1) is 22.7. The second-order valence-electron chi connectivity index (χ2n) is 8.15. The molecule has 1 fully saturated rings. The van der Waals surface area contributed by atoms with Crippen molar-refractivity contribution in [1.82, 2.24) is 10.2 Å². The molecule has 0 radical (unpaired) electrons. The van der Waals surface area contributed by atoms with Crippen LogP contribution in [0.4, 0.5) is 4.79 Å². The van der Waals surface area contributed by atoms with Crippen molar-refractivity contribution in [2.75, 3.05) is 39.5 Å². The number of hydrogen-bond acceptors (Lipinski definition) is 7. The number of carbonyl (C=O) groups is 1. The zero-order valence-corrected chi connectivity index (χ0v) is 17.9. The normalized spacial score (nSPS) is 20.8. The molecule has 2 aliphatic rings. The highest BCUT2D eigenvalue weighted by molar-refractivity contribution is 5.79. The van der Waals surface area contributed by atoms with Gasteiger partial charge in [-0.2, -0.15) is 0 Å². The fourth-order valence-electron chi connectivity index (χ4n) is 4.61. The number of β-amino-alcohol motifs (C(OH)–C–C–N with tert-alkyl or cyclic N) is 1. The summed E-state index contributed by atoms with van der Waals surface area (Å²) in [6.07, 6.45) is -2.03. The molecule has 172 valence electrons. The first-order chi connectivity index (χ1) is 15.6. The molecular formula is C24H30N2O6. The van der Waals surface area contributed by atoms with Crippen molar-refractivity contribution in [3.63, 3.8) is 0 Å². The molecule has 1 heterocycles. The van der Waals surface area contributed by atoms with E-state index in [1.165, 1.54) is 4.90 Å². The lowest BCUT2D eigenvalue weighted by molar-refractivity contribution is 0.0264. The Labute approximate surface area is 187 Å². The van der Waals surface area contributed by atoms with Crippen molar-refractivity contribution in [1.29, 1.82) is 0 Å². The Morgan fingerprint density at radius 1 is 1.09 bits per heavy atom. The van der Waals surface area contributed by atoms with Gasteiger partial charge in [0.2, 0.25) is 0 Å². The summed E-state index contributed by atoms with van der Waals surface area (Å²) in [6.45, 7) is 1.13. The minimum atomic E-state index is -1.02. The topological polar surface area (TPSA) is 111 Å². The molecule has 1 amide bonds. The molecule has 4 N–H and O–H groups in total. The summed E-state index contributed by atoms with van der Waals surface area (Å²) in [4.78, 5) is 14.3. The van der Waals surface area contributed by atoms with Gasteiger partial charge in [-0.15, -0.1) is 0 Å². The van der Waals surface area contributed by atoms with Crippen LogP contribution in [0.15, 0.2) is 48.5 Å². The number of amides is 1. The van der Waals surface area contributed by atoms with Crippen molar-refractivity contribution in [3.05, 3.63) is 59.7 Å². The van der Waals surface area contributed by atoms with E-state index in [9.17, 15) is 15.0 Å². The largest absolute Gasteiger partial charge is 0.448 e. The lowest BCUT2D eigenvalue weighted by atomic mass is 9.98. The SMILES string of the molecule is O=C(OCC1c2ccccc2-c2ccccc21)N1C[C@H](O)C[C@H]1C(O)NCCOCCO. The molecule has 32 heavy (non-hydrogen) atoms. The predicted octanol–water partition coefficient (Wildman–Crippen LogP) is 1.29. The molecule has 1 aliphatic heterocycles. The third-order valence-corrected chi connectivity index (χ3v) is 6.09. The zero-order valence-electron chi connectivity index (χ0n) is 17.9. The van der Waals surface area contributed by atoms with E-state index in [0.717, 1.165) is 22.3 Å². The van der Waals surface area contributed by atoms with Crippen molar-refractivity contribution >= 4 is 6.09 Å². The van der Waals surface area contributed by atoms with Gasteiger partial charge in [0.05, 0.1) is 38.5 Å². The van der Waals surface area contributed by atoms with Gasteiger partial charge in [0.25, 0.3) is 0 Å². The van der Waals surface area contributed by atoms with Crippen LogP contribution in [0.1, 0.15) is 23.5 Å². The Kier molecular flexibility index (Phi) is 7.39. The number of aliphatic hydroxyl groups is 3. The summed E-state index contributed by atoms with van der Waals surface area (Å²) in [7, 11) is 0. The molecular weight excluding hydrogens is 412 g/mol. The van der Waals surface area contributed by atoms with Crippen LogP contribution in [0.2, 0.25) is 0 Å². The Morgan fingerprint density at radius 3 is 2.41 bits per heavy atom. The highest BCUT2D eigenvalue weighted by atomic mass is 16.6. The maximum atomic E-state index is 12.9. The van der Waals surface area contributed by atoms with Crippen LogP contribution in [0, 0.1) is 0 Å². The van der Waals surface area contributed by atoms with E-state index >= 15 is 0 Å². The van der Waals surface area contributed by atoms with Gasteiger partial charge in [0.15, 0.2) is 0 Å². The summed E-state index contributed by atoms with van der Waals surface area (Å²) in [5.41, 5.74) is 4.57. The minimum Gasteiger partial charge on any atom is -0.448 e. The standard InChI is InChI=1S/C24H30N2O6/c27-10-12-31-11-9-25-23(29)22-13-16(28)14-26(22)24(30)32-15-21-19-7-3-1-5-17(19)18-6-2-4-8-20(18)21/h1-8,16,21-23,25,27-29H,9-15H2/t16-,22+,23?/m1/s1. The quantitative estimate of drug-likeness (QED) is 0.342. The fourth-order valence-corrected chi connectivity index (χ4v) is 4.61. The van der Waals surface area contributed by atoms with Crippen molar-refractivity contribution in [2.45, 2.75) is 30.7 Å². The summed E-state index contributed by atoms with van der Waals surface area (Å²) in [5.74, 6) is -0.0518. The summed E-state index contributed by atoms with van der Waals surface area (Å²) >= 11 is 0. The van der Waals surface area contributed by atoms with Gasteiger partial charge >= 0.3 is 6.09 Å². The van der Waals surface area contributed by atoms with E-state index in [1.807, 2.05) is 24.3 Å². The maximum Gasteiger partial charge on any atom is 0.410 e. The maximum absolute atomic E-state index is 12.9. The van der Waals surface area contributed by atoms with E-state index in [4.69, 9.17) is 14.6 Å². The highest BCUT2D eigenvalue weighted by Gasteiger charge is 2.40. The zero-order chi connectivity index (χ0) is 22.5. The average molecular weight is 443 g/mol. The number of benzene rings is 2. The van der Waals surface area contributed by atoms with E-state index in [0.29, 0.717) is 13.2 Å². The molecule has 3 atom stereocenters. The van der Waals surface area contributed by atoms with Crippen LogP contribution in [0.5, 0.6) is 0 Å². The molecule has 0 bridgehead atoms. The van der Waals surface area contributed by atoms with Crippen LogP contribution < -0.4 is 5.32 Å². The Morgan fingerprint density at radius 2 is 1.75 bits per heavy atom. The molecule has 4 rings (SSSR count). The van der Waals surface area contributed by atoms with Gasteiger partial charge in [-0.3, -0.25) is 10.2 Å². The van der Waals surface area contributed by atoms with Crippen LogP contribution in [0.3, 0.4) is 0 Å². The van der Waals surface area contributed by atoms with Crippen molar-refractivity contribution in [2.24, 2.45) is 0 Å². The highest BCUT2D eigenvalue weighted by Crippen LogP contribution is 2.44. The minimum absolute atomic E-state index is 0.0518. The lowest BCUT2D eigenvalue weighted by Gasteiger charge is -2.28. The average Bonchev–Trinajstić information content (AvgIpc) is 3.35. The van der Waals surface area contributed by atoms with Gasteiger partial charge in [-0.05, 0) is 28.7 Å². The second kappa shape index (κ2) is 10.4. The summed E-state index contributed by atoms with van der Waals surface area (Å²) in [6, 6.07) is 15.7. The molecule has 8 heteroatoms. The number of nitrogens with one attached hydrogen (secondary N) is 1. The first-order valence-electron chi connectivity index (χ1n) is 11.0. The van der Waals surface area contributed by atoms with Crippen LogP contribution in [-0.4, -0.2) is 84.2 Å². The van der Waals surface area contributed by atoms with Gasteiger partial charge in [0.1, 0.15) is 12.8 Å². The number of aliphatic hydroxyl groups excluding tert-OH is 3. The fraction of sp³-hybridized carbons (Fsp3) is 0.458. The third-order valence-electron chi connectivity index (χ3n) is 6.09. The Balaban J connectivity index is 1.38. The van der Waals surface area contributed by atoms with Crippen LogP contribution in [-0.2, 0) is 9.47 Å². The molecule has 0 saturated carbocycles. The Bertz CT molecular complexity index is 877. The smallest absolute Gasteiger partial charge is 0.410 e. The van der Waals surface area contributed by atoms with Gasteiger partial charge in [-0.25, -0.2) is 4.79 Å². The number of fused-ring (bicyclic) bond motifs is 3. The van der Waals surface area contributed by atoms with Gasteiger partial charge < -0.3 is 24.8 Å². The number of carbonyl (C=O) groups excluding carboxylic acids is 1. The molecule has 2 aromatic carbocycles. The van der Waals surface area contributed by atoms with Gasteiger partial charge in [-0.1, -0.05) is 48.5 Å². The molecule has 0 aromatic heterocycles. The van der Waals surface area contributed by atoms with Crippen LogP contribution in [0.25, 0.3) is 11.1 Å². The summed E-state index contributed by atoms with van der Waals surface area (Å²) < 4.78 is 10.9. The first-order valence-corrected chi connectivity index (χ1v) is 11.0. The Hall–Kier alpha value is -2.49. The van der Waals surface area contributed by atoms with Crippen molar-refractivity contribution in [3.8, 4) is 11.1 Å².